The second kappa shape index (κ2) is 8.28. The molecule has 0 aliphatic rings. The SMILES string of the molecule is CCc1cccc(OCC(=O)N(C)[C@H](C)c2cccc([N+](=O)[O-])c2)c1. The molecule has 2 rings (SSSR count). The average Bonchev–Trinajstić information content (AvgIpc) is 2.65. The van der Waals surface area contributed by atoms with Gasteiger partial charge in [-0.15, -0.1) is 0 Å². The van der Waals surface area contributed by atoms with Crippen molar-refractivity contribution in [3.05, 3.63) is 69.8 Å². The van der Waals surface area contributed by atoms with Crippen LogP contribution in [0.1, 0.15) is 31.0 Å². The molecule has 1 amide bonds. The third kappa shape index (κ3) is 4.79. The number of aryl methyl sites for hydroxylation is 1. The minimum Gasteiger partial charge on any atom is -0.484 e. The zero-order valence-electron chi connectivity index (χ0n) is 14.6. The van der Waals surface area contributed by atoms with Crippen LogP contribution in [0.3, 0.4) is 0 Å². The highest BCUT2D eigenvalue weighted by atomic mass is 16.6. The van der Waals surface area contributed by atoms with Gasteiger partial charge in [0.2, 0.25) is 0 Å². The summed E-state index contributed by atoms with van der Waals surface area (Å²) in [6, 6.07) is 13.6. The van der Waals surface area contributed by atoms with Gasteiger partial charge in [-0.05, 0) is 36.6 Å². The Morgan fingerprint density at radius 1 is 1.24 bits per heavy atom. The van der Waals surface area contributed by atoms with Crippen molar-refractivity contribution in [2.24, 2.45) is 0 Å². The van der Waals surface area contributed by atoms with Crippen LogP contribution in [-0.4, -0.2) is 29.4 Å². The molecule has 132 valence electrons. The second-order valence-electron chi connectivity index (χ2n) is 5.82. The molecule has 1 atom stereocenters. The van der Waals surface area contributed by atoms with Gasteiger partial charge in [-0.25, -0.2) is 0 Å². The standard InChI is InChI=1S/C19H22N2O4/c1-4-15-7-5-10-18(11-15)25-13-19(22)20(3)14(2)16-8-6-9-17(12-16)21(23)24/h5-12,14H,4,13H2,1-3H3/t14-/m1/s1. The molecule has 0 heterocycles. The predicted octanol–water partition coefficient (Wildman–Crippen LogP) is 3.76. The number of hydrogen-bond acceptors (Lipinski definition) is 4. The van der Waals surface area contributed by atoms with Crippen LogP contribution < -0.4 is 4.74 Å². The van der Waals surface area contributed by atoms with E-state index in [9.17, 15) is 14.9 Å². The molecule has 0 aromatic heterocycles. The van der Waals surface area contributed by atoms with Gasteiger partial charge >= 0.3 is 0 Å². The molecule has 6 heteroatoms. The average molecular weight is 342 g/mol. The van der Waals surface area contributed by atoms with Crippen LogP contribution in [0, 0.1) is 10.1 Å². The Morgan fingerprint density at radius 2 is 1.96 bits per heavy atom. The summed E-state index contributed by atoms with van der Waals surface area (Å²) >= 11 is 0. The number of rotatable bonds is 7. The number of benzene rings is 2. The summed E-state index contributed by atoms with van der Waals surface area (Å²) in [6.07, 6.45) is 0.898. The van der Waals surface area contributed by atoms with Gasteiger partial charge in [-0.3, -0.25) is 14.9 Å². The van der Waals surface area contributed by atoms with E-state index in [0.29, 0.717) is 11.3 Å². The number of nitro benzene ring substituents is 1. The third-order valence-corrected chi connectivity index (χ3v) is 4.21. The van der Waals surface area contributed by atoms with Gasteiger partial charge in [0.25, 0.3) is 11.6 Å². The normalized spacial score (nSPS) is 11.6. The van der Waals surface area contributed by atoms with Gasteiger partial charge in [-0.1, -0.05) is 31.2 Å². The molecule has 0 N–H and O–H groups in total. The van der Waals surface area contributed by atoms with Crippen LogP contribution in [0.2, 0.25) is 0 Å². The van der Waals surface area contributed by atoms with E-state index >= 15 is 0 Å². The molecule has 0 saturated carbocycles. The quantitative estimate of drug-likeness (QED) is 0.567. The fraction of sp³-hybridized carbons (Fsp3) is 0.316. The number of likely N-dealkylation sites (N-methyl/N-ethyl adjacent to an activating group) is 1. The Morgan fingerprint density at radius 3 is 2.64 bits per heavy atom. The lowest BCUT2D eigenvalue weighted by Gasteiger charge is -2.25. The number of carbonyl (C=O) groups is 1. The van der Waals surface area contributed by atoms with Crippen LogP contribution in [0.5, 0.6) is 5.75 Å². The summed E-state index contributed by atoms with van der Waals surface area (Å²) in [7, 11) is 1.66. The van der Waals surface area contributed by atoms with Crippen molar-refractivity contribution in [1.29, 1.82) is 0 Å². The van der Waals surface area contributed by atoms with Crippen molar-refractivity contribution < 1.29 is 14.5 Å². The maximum absolute atomic E-state index is 12.4. The lowest BCUT2D eigenvalue weighted by Crippen LogP contribution is -2.33. The Labute approximate surface area is 147 Å². The van der Waals surface area contributed by atoms with Crippen LogP contribution in [-0.2, 0) is 11.2 Å². The zero-order valence-corrected chi connectivity index (χ0v) is 14.6. The number of carbonyl (C=O) groups excluding carboxylic acids is 1. The monoisotopic (exact) mass is 342 g/mol. The summed E-state index contributed by atoms with van der Waals surface area (Å²) in [4.78, 5) is 24.4. The fourth-order valence-corrected chi connectivity index (χ4v) is 2.44. The number of amides is 1. The molecule has 2 aromatic carbocycles. The molecule has 0 unspecified atom stereocenters. The van der Waals surface area contributed by atoms with Gasteiger partial charge in [0.05, 0.1) is 11.0 Å². The van der Waals surface area contributed by atoms with E-state index in [-0.39, 0.29) is 24.2 Å². The van der Waals surface area contributed by atoms with E-state index in [0.717, 1.165) is 12.0 Å². The molecule has 0 spiro atoms. The summed E-state index contributed by atoms with van der Waals surface area (Å²) in [5, 5.41) is 10.9. The molecule has 0 aliphatic carbocycles. The number of ether oxygens (including phenoxy) is 1. The van der Waals surface area contributed by atoms with Crippen LogP contribution >= 0.6 is 0 Å². The highest BCUT2D eigenvalue weighted by molar-refractivity contribution is 5.78. The zero-order chi connectivity index (χ0) is 18.4. The molecule has 6 nitrogen and oxygen atoms in total. The molecule has 0 radical (unpaired) electrons. The molecule has 25 heavy (non-hydrogen) atoms. The van der Waals surface area contributed by atoms with E-state index < -0.39 is 4.92 Å². The van der Waals surface area contributed by atoms with Crippen molar-refractivity contribution in [3.63, 3.8) is 0 Å². The lowest BCUT2D eigenvalue weighted by atomic mass is 10.1. The van der Waals surface area contributed by atoms with Gasteiger partial charge < -0.3 is 9.64 Å². The van der Waals surface area contributed by atoms with Crippen molar-refractivity contribution in [2.75, 3.05) is 13.7 Å². The molecular formula is C19H22N2O4. The highest BCUT2D eigenvalue weighted by Gasteiger charge is 2.19. The number of non-ortho nitro benzene ring substituents is 1. The maximum atomic E-state index is 12.4. The first kappa shape index (κ1) is 18.4. The molecule has 0 aliphatic heterocycles. The number of hydrogen-bond donors (Lipinski definition) is 0. The van der Waals surface area contributed by atoms with Gasteiger partial charge in [0.1, 0.15) is 5.75 Å². The third-order valence-electron chi connectivity index (χ3n) is 4.21. The first-order valence-electron chi connectivity index (χ1n) is 8.14. The fourth-order valence-electron chi connectivity index (χ4n) is 2.44. The Hall–Kier alpha value is -2.89. The summed E-state index contributed by atoms with van der Waals surface area (Å²) in [5.74, 6) is 0.463. The summed E-state index contributed by atoms with van der Waals surface area (Å²) < 4.78 is 5.58. The number of nitro groups is 1. The van der Waals surface area contributed by atoms with Gasteiger partial charge in [0.15, 0.2) is 6.61 Å². The Balaban J connectivity index is 2.01. The largest absolute Gasteiger partial charge is 0.484 e. The highest BCUT2D eigenvalue weighted by Crippen LogP contribution is 2.23. The lowest BCUT2D eigenvalue weighted by molar-refractivity contribution is -0.384. The molecule has 0 fully saturated rings. The van der Waals surface area contributed by atoms with E-state index in [1.165, 1.54) is 17.0 Å². The first-order chi connectivity index (χ1) is 11.9. The van der Waals surface area contributed by atoms with E-state index in [4.69, 9.17) is 4.74 Å². The van der Waals surface area contributed by atoms with Crippen LogP contribution in [0.4, 0.5) is 5.69 Å². The van der Waals surface area contributed by atoms with E-state index in [1.54, 1.807) is 19.2 Å². The number of nitrogens with zero attached hydrogens (tertiary/aromatic N) is 2. The van der Waals surface area contributed by atoms with Crippen LogP contribution in [0.25, 0.3) is 0 Å². The second-order valence-corrected chi connectivity index (χ2v) is 5.82. The van der Waals surface area contributed by atoms with Crippen LogP contribution in [0.15, 0.2) is 48.5 Å². The van der Waals surface area contributed by atoms with E-state index in [1.807, 2.05) is 31.2 Å². The first-order valence-corrected chi connectivity index (χ1v) is 8.14. The van der Waals surface area contributed by atoms with Gasteiger partial charge in [0, 0.05) is 19.2 Å². The van der Waals surface area contributed by atoms with E-state index in [2.05, 4.69) is 6.92 Å². The molecule has 2 aromatic rings. The molecular weight excluding hydrogens is 320 g/mol. The topological polar surface area (TPSA) is 72.7 Å². The summed E-state index contributed by atoms with van der Waals surface area (Å²) in [5.41, 5.74) is 1.86. The minimum absolute atomic E-state index is 0.0119. The predicted molar refractivity (Wildman–Crippen MR) is 95.6 cm³/mol. The Kier molecular flexibility index (Phi) is 6.11. The maximum Gasteiger partial charge on any atom is 0.269 e. The smallest absolute Gasteiger partial charge is 0.269 e. The van der Waals surface area contributed by atoms with Crippen molar-refractivity contribution in [2.45, 2.75) is 26.3 Å². The van der Waals surface area contributed by atoms with Gasteiger partial charge in [-0.2, -0.15) is 0 Å². The molecule has 0 saturated heterocycles. The Bertz CT molecular complexity index is 761. The minimum atomic E-state index is -0.443. The van der Waals surface area contributed by atoms with Crippen molar-refractivity contribution in [3.8, 4) is 5.75 Å². The van der Waals surface area contributed by atoms with Crippen molar-refractivity contribution in [1.82, 2.24) is 4.90 Å². The van der Waals surface area contributed by atoms with Crippen molar-refractivity contribution >= 4 is 11.6 Å². The summed E-state index contributed by atoms with van der Waals surface area (Å²) in [6.45, 7) is 3.80. The molecule has 0 bridgehead atoms.